The van der Waals surface area contributed by atoms with Crippen LogP contribution >= 0.6 is 0 Å². The fourth-order valence-corrected chi connectivity index (χ4v) is 2.58. The maximum Gasteiger partial charge on any atom is 0.276 e. The smallest absolute Gasteiger partial charge is 0.276 e. The normalized spacial score (nSPS) is 10.4. The molecule has 0 aliphatic carbocycles. The lowest BCUT2D eigenvalue weighted by atomic mass is 10.2. The van der Waals surface area contributed by atoms with Gasteiger partial charge in [0, 0.05) is 24.4 Å². The summed E-state index contributed by atoms with van der Waals surface area (Å²) >= 11 is 0. The number of pyridine rings is 1. The van der Waals surface area contributed by atoms with Crippen molar-refractivity contribution in [3.8, 4) is 0 Å². The molecule has 29 heavy (non-hydrogen) atoms. The number of nitrogens with one attached hydrogen (secondary N) is 2. The second kappa shape index (κ2) is 8.92. The average molecular weight is 391 g/mol. The fourth-order valence-electron chi connectivity index (χ4n) is 2.58. The number of aryl methyl sites for hydroxylation is 3. The Kier molecular flexibility index (Phi) is 6.13. The van der Waals surface area contributed by atoms with Crippen LogP contribution in [0.3, 0.4) is 0 Å². The number of benzene rings is 1. The van der Waals surface area contributed by atoms with Gasteiger partial charge in [-0.3, -0.25) is 14.4 Å². The molecule has 0 radical (unpaired) electrons. The summed E-state index contributed by atoms with van der Waals surface area (Å²) in [6.45, 7) is 3.89. The zero-order valence-electron chi connectivity index (χ0n) is 16.2. The molecule has 3 rings (SSSR count). The van der Waals surface area contributed by atoms with Crippen LogP contribution in [0.2, 0.25) is 0 Å². The second-order valence-electron chi connectivity index (χ2n) is 6.62. The van der Waals surface area contributed by atoms with Gasteiger partial charge in [-0.15, -0.1) is 0 Å². The third kappa shape index (κ3) is 5.58. The van der Waals surface area contributed by atoms with E-state index in [0.29, 0.717) is 11.5 Å². The lowest BCUT2D eigenvalue weighted by Gasteiger charge is -2.09. The van der Waals surface area contributed by atoms with E-state index >= 15 is 0 Å². The van der Waals surface area contributed by atoms with Gasteiger partial charge in [0.05, 0.1) is 6.54 Å². The van der Waals surface area contributed by atoms with E-state index in [1.54, 1.807) is 24.4 Å². The third-order valence-electron chi connectivity index (χ3n) is 4.14. The van der Waals surface area contributed by atoms with Crippen molar-refractivity contribution in [3.05, 3.63) is 81.9 Å². The van der Waals surface area contributed by atoms with Gasteiger partial charge in [-0.25, -0.2) is 9.67 Å². The first-order valence-corrected chi connectivity index (χ1v) is 9.09. The van der Waals surface area contributed by atoms with E-state index in [2.05, 4.69) is 20.7 Å². The highest BCUT2D eigenvalue weighted by Gasteiger charge is 2.11. The summed E-state index contributed by atoms with van der Waals surface area (Å²) in [4.78, 5) is 40.6. The summed E-state index contributed by atoms with van der Waals surface area (Å²) < 4.78 is 1.10. The van der Waals surface area contributed by atoms with Crippen molar-refractivity contribution in [1.29, 1.82) is 0 Å². The van der Waals surface area contributed by atoms with Crippen molar-refractivity contribution in [3.63, 3.8) is 0 Å². The molecule has 2 N–H and O–H groups in total. The molecule has 2 aromatic heterocycles. The number of anilines is 2. The molecule has 0 aliphatic heterocycles. The minimum Gasteiger partial charge on any atom is -0.321 e. The predicted molar refractivity (Wildman–Crippen MR) is 110 cm³/mol. The molecule has 3 aromatic rings. The van der Waals surface area contributed by atoms with Gasteiger partial charge in [0.15, 0.2) is 0 Å². The Balaban J connectivity index is 1.64. The molecule has 148 valence electrons. The van der Waals surface area contributed by atoms with E-state index in [1.165, 1.54) is 12.1 Å². The summed E-state index contributed by atoms with van der Waals surface area (Å²) in [6, 6.07) is 13.5. The first kappa shape index (κ1) is 19.9. The Morgan fingerprint density at radius 3 is 2.45 bits per heavy atom. The first-order chi connectivity index (χ1) is 13.9. The van der Waals surface area contributed by atoms with Gasteiger partial charge in [-0.1, -0.05) is 17.7 Å². The van der Waals surface area contributed by atoms with Crippen molar-refractivity contribution in [2.45, 2.75) is 26.8 Å². The van der Waals surface area contributed by atoms with Crippen LogP contribution in [0, 0.1) is 13.8 Å². The van der Waals surface area contributed by atoms with Crippen molar-refractivity contribution < 1.29 is 9.59 Å². The van der Waals surface area contributed by atoms with Crippen LogP contribution in [-0.4, -0.2) is 26.6 Å². The summed E-state index contributed by atoms with van der Waals surface area (Å²) in [5.41, 5.74) is 2.38. The topological polar surface area (TPSA) is 106 Å². The number of carbonyl (C=O) groups excluding carboxylic acids is 2. The van der Waals surface area contributed by atoms with Crippen molar-refractivity contribution >= 4 is 23.3 Å². The number of hydrogen-bond acceptors (Lipinski definition) is 5. The monoisotopic (exact) mass is 391 g/mol. The minimum atomic E-state index is -0.434. The Morgan fingerprint density at radius 2 is 1.72 bits per heavy atom. The number of amides is 2. The Labute approximate surface area is 167 Å². The highest BCUT2D eigenvalue weighted by Crippen LogP contribution is 2.10. The number of nitrogens with zero attached hydrogens (tertiary/aromatic N) is 3. The van der Waals surface area contributed by atoms with E-state index in [-0.39, 0.29) is 24.6 Å². The van der Waals surface area contributed by atoms with E-state index in [0.717, 1.165) is 15.8 Å². The van der Waals surface area contributed by atoms with Crippen LogP contribution < -0.4 is 16.2 Å². The standard InChI is InChI=1S/C21H21N5O3/c1-14-3-5-16(6-4-14)23-21(29)17-7-8-20(28)26(25-17)12-10-19(27)24-18-13-15(2)9-11-22-18/h3-9,11,13H,10,12H2,1-2H3,(H,23,29)(H,22,24,27). The molecule has 0 unspecified atom stereocenters. The van der Waals surface area contributed by atoms with Crippen LogP contribution in [0.15, 0.2) is 59.5 Å². The Bertz CT molecular complexity index is 1090. The molecule has 8 heteroatoms. The maximum absolute atomic E-state index is 12.4. The zero-order chi connectivity index (χ0) is 20.8. The lowest BCUT2D eigenvalue weighted by Crippen LogP contribution is -2.28. The average Bonchev–Trinajstić information content (AvgIpc) is 2.69. The van der Waals surface area contributed by atoms with Gasteiger partial charge in [0.25, 0.3) is 11.5 Å². The molecule has 2 heterocycles. The molecule has 0 bridgehead atoms. The number of hydrogen-bond donors (Lipinski definition) is 2. The highest BCUT2D eigenvalue weighted by molar-refractivity contribution is 6.02. The third-order valence-corrected chi connectivity index (χ3v) is 4.14. The molecule has 2 amide bonds. The van der Waals surface area contributed by atoms with Gasteiger partial charge in [0.2, 0.25) is 5.91 Å². The molecule has 8 nitrogen and oxygen atoms in total. The summed E-state index contributed by atoms with van der Waals surface area (Å²) in [7, 11) is 0. The molecule has 1 aromatic carbocycles. The van der Waals surface area contributed by atoms with Crippen molar-refractivity contribution in [2.24, 2.45) is 0 Å². The van der Waals surface area contributed by atoms with Crippen LogP contribution in [-0.2, 0) is 11.3 Å². The van der Waals surface area contributed by atoms with E-state index in [1.807, 2.05) is 32.0 Å². The number of aromatic nitrogens is 3. The number of carbonyl (C=O) groups is 2. The van der Waals surface area contributed by atoms with Gasteiger partial charge in [0.1, 0.15) is 11.5 Å². The maximum atomic E-state index is 12.4. The highest BCUT2D eigenvalue weighted by atomic mass is 16.2. The largest absolute Gasteiger partial charge is 0.321 e. The number of rotatable bonds is 6. The van der Waals surface area contributed by atoms with Gasteiger partial charge >= 0.3 is 0 Å². The SMILES string of the molecule is Cc1ccc(NC(=O)c2ccc(=O)n(CCC(=O)Nc3cc(C)ccn3)n2)cc1. The molecular formula is C21H21N5O3. The minimum absolute atomic E-state index is 0.0194. The molecular weight excluding hydrogens is 370 g/mol. The van der Waals surface area contributed by atoms with E-state index in [9.17, 15) is 14.4 Å². The lowest BCUT2D eigenvalue weighted by molar-refractivity contribution is -0.116. The van der Waals surface area contributed by atoms with Gasteiger partial charge in [-0.2, -0.15) is 5.10 Å². The molecule has 0 atom stereocenters. The van der Waals surface area contributed by atoms with Crippen molar-refractivity contribution in [2.75, 3.05) is 10.6 Å². The first-order valence-electron chi connectivity index (χ1n) is 9.09. The van der Waals surface area contributed by atoms with Crippen molar-refractivity contribution in [1.82, 2.24) is 14.8 Å². The Hall–Kier alpha value is -3.81. The summed E-state index contributed by atoms with van der Waals surface area (Å²) in [6.07, 6.45) is 1.62. The quantitative estimate of drug-likeness (QED) is 0.672. The predicted octanol–water partition coefficient (Wildman–Crippen LogP) is 2.54. The molecule has 0 saturated carbocycles. The summed E-state index contributed by atoms with van der Waals surface area (Å²) in [5, 5.41) is 9.48. The zero-order valence-corrected chi connectivity index (χ0v) is 16.2. The van der Waals surface area contributed by atoms with Crippen LogP contribution in [0.25, 0.3) is 0 Å². The molecule has 0 aliphatic rings. The molecule has 0 spiro atoms. The molecule has 0 fully saturated rings. The van der Waals surface area contributed by atoms with Gasteiger partial charge < -0.3 is 10.6 Å². The van der Waals surface area contributed by atoms with E-state index in [4.69, 9.17) is 0 Å². The van der Waals surface area contributed by atoms with Gasteiger partial charge in [-0.05, 0) is 49.7 Å². The van der Waals surface area contributed by atoms with Crippen LogP contribution in [0.1, 0.15) is 28.0 Å². The molecule has 0 saturated heterocycles. The van der Waals surface area contributed by atoms with Crippen LogP contribution in [0.5, 0.6) is 0 Å². The second-order valence-corrected chi connectivity index (χ2v) is 6.62. The van der Waals surface area contributed by atoms with E-state index < -0.39 is 11.5 Å². The fraction of sp³-hybridized carbons (Fsp3) is 0.190. The summed E-state index contributed by atoms with van der Waals surface area (Å²) in [5.74, 6) is -0.288. The Morgan fingerprint density at radius 1 is 0.966 bits per heavy atom. The van der Waals surface area contributed by atoms with Crippen LogP contribution in [0.4, 0.5) is 11.5 Å².